The molecule has 1 heterocycles. The molecular formula is C19H18Cl2N4O2S. The first-order chi connectivity index (χ1) is 13.3. The maximum absolute atomic E-state index is 11.3. The largest absolute Gasteiger partial charge is 0.274 e. The first kappa shape index (κ1) is 20.6. The van der Waals surface area contributed by atoms with Gasteiger partial charge in [-0.25, -0.2) is 0 Å². The lowest BCUT2D eigenvalue weighted by Crippen LogP contribution is -2.11. The second kappa shape index (κ2) is 8.51. The summed E-state index contributed by atoms with van der Waals surface area (Å²) in [5, 5.41) is 20.6. The summed E-state index contributed by atoms with van der Waals surface area (Å²) in [6.45, 7) is 5.63. The van der Waals surface area contributed by atoms with Crippen molar-refractivity contribution in [3.63, 3.8) is 0 Å². The van der Waals surface area contributed by atoms with E-state index in [1.165, 1.54) is 17.3 Å². The van der Waals surface area contributed by atoms with E-state index in [9.17, 15) is 10.1 Å². The minimum atomic E-state index is -0.534. The zero-order chi connectivity index (χ0) is 20.4. The number of hydrogen-bond acceptors (Lipinski definition) is 5. The lowest BCUT2D eigenvalue weighted by molar-refractivity contribution is -0.479. The highest BCUT2D eigenvalue weighted by Crippen LogP contribution is 2.39. The van der Waals surface area contributed by atoms with Gasteiger partial charge in [0, 0.05) is 20.7 Å². The normalized spacial score (nSPS) is 12.2. The van der Waals surface area contributed by atoms with Gasteiger partial charge in [-0.1, -0.05) is 47.1 Å². The Morgan fingerprint density at radius 2 is 1.86 bits per heavy atom. The molecule has 0 fully saturated rings. The predicted molar refractivity (Wildman–Crippen MR) is 112 cm³/mol. The summed E-state index contributed by atoms with van der Waals surface area (Å²) in [4.78, 5) is 10.9. The summed E-state index contributed by atoms with van der Waals surface area (Å²) in [7, 11) is 0. The van der Waals surface area contributed by atoms with Crippen molar-refractivity contribution in [3.8, 4) is 5.69 Å². The van der Waals surface area contributed by atoms with E-state index in [0.29, 0.717) is 26.6 Å². The molecule has 2 aromatic carbocycles. The third-order valence-corrected chi connectivity index (χ3v) is 6.14. The van der Waals surface area contributed by atoms with Gasteiger partial charge >= 0.3 is 0 Å². The molecule has 0 aliphatic carbocycles. The Morgan fingerprint density at radius 1 is 1.11 bits per heavy atom. The highest BCUT2D eigenvalue weighted by atomic mass is 35.5. The molecule has 0 aliphatic rings. The van der Waals surface area contributed by atoms with Crippen molar-refractivity contribution in [2.75, 3.05) is 6.54 Å². The Kier molecular flexibility index (Phi) is 6.27. The van der Waals surface area contributed by atoms with Crippen LogP contribution in [0.15, 0.2) is 41.6 Å². The molecule has 0 unspecified atom stereocenters. The maximum Gasteiger partial charge on any atom is 0.220 e. The van der Waals surface area contributed by atoms with Crippen LogP contribution in [0.1, 0.15) is 27.8 Å². The van der Waals surface area contributed by atoms with Gasteiger partial charge in [0.1, 0.15) is 11.1 Å². The lowest BCUT2D eigenvalue weighted by Gasteiger charge is -2.16. The average Bonchev–Trinajstić information content (AvgIpc) is 2.97. The van der Waals surface area contributed by atoms with Crippen LogP contribution in [0.3, 0.4) is 0 Å². The third-order valence-electron chi connectivity index (χ3n) is 4.42. The molecule has 1 aromatic heterocycles. The van der Waals surface area contributed by atoms with Crippen molar-refractivity contribution in [2.24, 2.45) is 0 Å². The van der Waals surface area contributed by atoms with Gasteiger partial charge in [0.25, 0.3) is 0 Å². The predicted octanol–water partition coefficient (Wildman–Crippen LogP) is 5.61. The van der Waals surface area contributed by atoms with Gasteiger partial charge in [0.2, 0.25) is 6.54 Å². The minimum Gasteiger partial charge on any atom is -0.274 e. The third kappa shape index (κ3) is 4.48. The summed E-state index contributed by atoms with van der Waals surface area (Å²) in [6.07, 6.45) is 0. The van der Waals surface area contributed by atoms with Crippen LogP contribution in [0, 0.1) is 30.9 Å². The van der Waals surface area contributed by atoms with E-state index in [4.69, 9.17) is 23.2 Å². The van der Waals surface area contributed by atoms with E-state index < -0.39 is 5.25 Å². The summed E-state index contributed by atoms with van der Waals surface area (Å²) in [6, 6.07) is 11.0. The van der Waals surface area contributed by atoms with E-state index in [-0.39, 0.29) is 11.5 Å². The van der Waals surface area contributed by atoms with Gasteiger partial charge in [-0.05, 0) is 61.7 Å². The fraction of sp³-hybridized carbons (Fsp3) is 0.263. The SMILES string of the molecule is Cc1ccc(-n2c(C)nnc2S[C@@H](C[N+](=O)[O-])c2ccc(Cl)cc2Cl)cc1C. The number of halogens is 2. The van der Waals surface area contributed by atoms with E-state index in [1.807, 2.05) is 43.5 Å². The van der Waals surface area contributed by atoms with Crippen LogP contribution in [0.25, 0.3) is 5.69 Å². The van der Waals surface area contributed by atoms with Crippen LogP contribution in [0.4, 0.5) is 0 Å². The number of benzene rings is 2. The first-order valence-electron chi connectivity index (χ1n) is 8.49. The smallest absolute Gasteiger partial charge is 0.220 e. The standard InChI is InChI=1S/C19H18Cl2N4O2S/c1-11-4-6-15(8-12(11)2)25-13(3)22-23-19(25)28-18(10-24(26)27)16-7-5-14(20)9-17(16)21/h4-9,18H,10H2,1-3H3/t18-/m0/s1. The van der Waals surface area contributed by atoms with Gasteiger partial charge in [0.05, 0.1) is 0 Å². The van der Waals surface area contributed by atoms with E-state index in [2.05, 4.69) is 10.2 Å². The van der Waals surface area contributed by atoms with Crippen molar-refractivity contribution < 1.29 is 4.92 Å². The molecule has 6 nitrogen and oxygen atoms in total. The van der Waals surface area contributed by atoms with Gasteiger partial charge < -0.3 is 0 Å². The molecule has 0 spiro atoms. The zero-order valence-corrected chi connectivity index (χ0v) is 17.8. The maximum atomic E-state index is 11.3. The van der Waals surface area contributed by atoms with Gasteiger partial charge in [0.15, 0.2) is 5.16 Å². The number of aryl methyl sites for hydroxylation is 3. The molecule has 0 bridgehead atoms. The topological polar surface area (TPSA) is 73.8 Å². The number of nitrogens with zero attached hydrogens (tertiary/aromatic N) is 4. The Bertz CT molecular complexity index is 1040. The Labute approximate surface area is 177 Å². The molecule has 0 amide bonds. The molecule has 3 rings (SSSR count). The van der Waals surface area contributed by atoms with Crippen LogP contribution < -0.4 is 0 Å². The lowest BCUT2D eigenvalue weighted by atomic mass is 10.1. The van der Waals surface area contributed by atoms with Crippen LogP contribution >= 0.6 is 35.0 Å². The van der Waals surface area contributed by atoms with Gasteiger partial charge in [-0.15, -0.1) is 10.2 Å². The minimum absolute atomic E-state index is 0.301. The fourth-order valence-corrected chi connectivity index (χ4v) is 4.62. The average molecular weight is 437 g/mol. The van der Waals surface area contributed by atoms with Crippen molar-refractivity contribution in [1.82, 2.24) is 14.8 Å². The second-order valence-electron chi connectivity index (χ2n) is 6.42. The molecule has 3 aromatic rings. The molecule has 0 aliphatic heterocycles. The quantitative estimate of drug-likeness (QED) is 0.285. The first-order valence-corrected chi connectivity index (χ1v) is 10.1. The van der Waals surface area contributed by atoms with Crippen LogP contribution in [-0.2, 0) is 0 Å². The Hall–Kier alpha value is -2.09. The highest BCUT2D eigenvalue weighted by Gasteiger charge is 2.25. The summed E-state index contributed by atoms with van der Waals surface area (Å²) in [5.74, 6) is 0.702. The second-order valence-corrected chi connectivity index (χ2v) is 8.43. The number of aromatic nitrogens is 3. The monoisotopic (exact) mass is 436 g/mol. The number of rotatable bonds is 6. The van der Waals surface area contributed by atoms with Crippen molar-refractivity contribution in [3.05, 3.63) is 79.1 Å². The van der Waals surface area contributed by atoms with Crippen molar-refractivity contribution in [2.45, 2.75) is 31.2 Å². The van der Waals surface area contributed by atoms with E-state index >= 15 is 0 Å². The molecular weight excluding hydrogens is 419 g/mol. The van der Waals surface area contributed by atoms with Crippen LogP contribution in [-0.4, -0.2) is 26.2 Å². The molecule has 0 saturated heterocycles. The number of hydrogen-bond donors (Lipinski definition) is 0. The van der Waals surface area contributed by atoms with Crippen molar-refractivity contribution >= 4 is 35.0 Å². The molecule has 0 saturated carbocycles. The molecule has 146 valence electrons. The highest BCUT2D eigenvalue weighted by molar-refractivity contribution is 7.99. The summed E-state index contributed by atoms with van der Waals surface area (Å²) >= 11 is 13.5. The van der Waals surface area contributed by atoms with Crippen LogP contribution in [0.5, 0.6) is 0 Å². The van der Waals surface area contributed by atoms with Crippen LogP contribution in [0.2, 0.25) is 10.0 Å². The number of nitro groups is 1. The fourth-order valence-electron chi connectivity index (χ4n) is 2.81. The Morgan fingerprint density at radius 3 is 2.50 bits per heavy atom. The van der Waals surface area contributed by atoms with E-state index in [0.717, 1.165) is 11.3 Å². The summed E-state index contributed by atoms with van der Waals surface area (Å²) in [5.41, 5.74) is 3.88. The Balaban J connectivity index is 2.02. The molecule has 0 N–H and O–H groups in total. The van der Waals surface area contributed by atoms with E-state index in [1.54, 1.807) is 18.2 Å². The zero-order valence-electron chi connectivity index (χ0n) is 15.5. The molecule has 0 radical (unpaired) electrons. The molecule has 28 heavy (non-hydrogen) atoms. The van der Waals surface area contributed by atoms with Gasteiger partial charge in [-0.2, -0.15) is 0 Å². The van der Waals surface area contributed by atoms with Crippen molar-refractivity contribution in [1.29, 1.82) is 0 Å². The summed E-state index contributed by atoms with van der Waals surface area (Å²) < 4.78 is 1.90. The van der Waals surface area contributed by atoms with Gasteiger partial charge in [-0.3, -0.25) is 14.7 Å². The molecule has 1 atom stereocenters. The molecule has 9 heteroatoms. The number of thioether (sulfide) groups is 1.